The van der Waals surface area contributed by atoms with E-state index in [1.165, 1.54) is 6.07 Å². The lowest BCUT2D eigenvalue weighted by Crippen LogP contribution is -2.13. The van der Waals surface area contributed by atoms with E-state index in [9.17, 15) is 14.9 Å². The molecule has 0 aliphatic carbocycles. The highest BCUT2D eigenvalue weighted by atomic mass is 127. The molecule has 0 saturated heterocycles. The highest BCUT2D eigenvalue weighted by Crippen LogP contribution is 2.34. The average Bonchev–Trinajstić information content (AvgIpc) is 2.59. The maximum atomic E-state index is 12.6. The van der Waals surface area contributed by atoms with Gasteiger partial charge in [-0.2, -0.15) is 0 Å². The van der Waals surface area contributed by atoms with E-state index in [2.05, 4.69) is 27.9 Å². The highest BCUT2D eigenvalue weighted by Gasteiger charge is 2.17. The predicted octanol–water partition coefficient (Wildman–Crippen LogP) is 4.56. The Kier molecular flexibility index (Phi) is 6.78. The van der Waals surface area contributed by atoms with Crippen LogP contribution in [0.25, 0.3) is 0 Å². The Hall–Kier alpha value is -2.36. The number of halogens is 1. The molecule has 0 heterocycles. The number of hydrogen-bond acceptors (Lipinski definition) is 5. The Bertz CT molecular complexity index is 839. The van der Waals surface area contributed by atoms with Crippen molar-refractivity contribution in [3.63, 3.8) is 0 Å². The molecule has 0 spiro atoms. The first kappa shape index (κ1) is 20.0. The number of amides is 1. The Morgan fingerprint density at radius 3 is 2.50 bits per heavy atom. The molecule has 2 aromatic rings. The number of nitro benzene ring substituents is 1. The summed E-state index contributed by atoms with van der Waals surface area (Å²) in [5.41, 5.74) is 1.22. The molecule has 26 heavy (non-hydrogen) atoms. The zero-order valence-electron chi connectivity index (χ0n) is 14.7. The van der Waals surface area contributed by atoms with Crippen LogP contribution in [0, 0.1) is 20.6 Å². The van der Waals surface area contributed by atoms with Crippen LogP contribution in [-0.4, -0.2) is 24.0 Å². The molecule has 0 atom stereocenters. The number of aryl methyl sites for hydroxylation is 1. The molecule has 2 rings (SSSR count). The molecule has 1 amide bonds. The number of nitrogens with zero attached hydrogens (tertiary/aromatic N) is 1. The number of benzene rings is 2. The molecular weight excluding hydrogens is 451 g/mol. The van der Waals surface area contributed by atoms with Gasteiger partial charge in [0, 0.05) is 22.9 Å². The second-order valence-electron chi connectivity index (χ2n) is 5.36. The molecule has 7 nitrogen and oxygen atoms in total. The van der Waals surface area contributed by atoms with Gasteiger partial charge in [0.05, 0.1) is 21.7 Å². The number of rotatable bonds is 7. The first-order chi connectivity index (χ1) is 12.4. The second kappa shape index (κ2) is 8.84. The molecule has 0 aliphatic rings. The zero-order chi connectivity index (χ0) is 19.3. The van der Waals surface area contributed by atoms with Crippen LogP contribution in [0.1, 0.15) is 29.8 Å². The quantitative estimate of drug-likeness (QED) is 0.364. The summed E-state index contributed by atoms with van der Waals surface area (Å²) in [4.78, 5) is 23.2. The maximum absolute atomic E-state index is 12.6. The molecule has 0 fully saturated rings. The summed E-state index contributed by atoms with van der Waals surface area (Å²) in [5.74, 6) is 0.698. The molecule has 1 N–H and O–H groups in total. The van der Waals surface area contributed by atoms with Crippen LogP contribution in [0.15, 0.2) is 30.3 Å². The van der Waals surface area contributed by atoms with Crippen LogP contribution in [0.2, 0.25) is 0 Å². The summed E-state index contributed by atoms with van der Waals surface area (Å²) in [5, 5.41) is 13.7. The van der Waals surface area contributed by atoms with Gasteiger partial charge in [0.15, 0.2) is 11.5 Å². The van der Waals surface area contributed by atoms with Crippen molar-refractivity contribution in [2.75, 3.05) is 18.5 Å². The third-order valence-corrected chi connectivity index (χ3v) is 4.33. The van der Waals surface area contributed by atoms with Gasteiger partial charge in [0.25, 0.3) is 11.6 Å². The van der Waals surface area contributed by atoms with Crippen molar-refractivity contribution < 1.29 is 19.2 Å². The molecule has 0 aromatic heterocycles. The molecule has 0 unspecified atom stereocenters. The number of carbonyl (C=O) groups is 1. The lowest BCUT2D eigenvalue weighted by Gasteiger charge is -2.14. The Labute approximate surface area is 165 Å². The number of nitrogens with one attached hydrogen (secondary N) is 1. The van der Waals surface area contributed by atoms with E-state index in [0.29, 0.717) is 41.5 Å². The van der Waals surface area contributed by atoms with Crippen molar-refractivity contribution in [3.8, 4) is 11.5 Å². The monoisotopic (exact) mass is 470 g/mol. The molecule has 0 aliphatic heterocycles. The van der Waals surface area contributed by atoms with Gasteiger partial charge in [-0.15, -0.1) is 0 Å². The van der Waals surface area contributed by atoms with Crippen molar-refractivity contribution in [3.05, 3.63) is 55.1 Å². The lowest BCUT2D eigenvalue weighted by atomic mass is 10.1. The van der Waals surface area contributed by atoms with Crippen LogP contribution in [-0.2, 0) is 0 Å². The number of hydrogen-bond donors (Lipinski definition) is 1. The second-order valence-corrected chi connectivity index (χ2v) is 6.53. The Morgan fingerprint density at radius 2 is 1.88 bits per heavy atom. The van der Waals surface area contributed by atoms with Gasteiger partial charge >= 0.3 is 0 Å². The minimum Gasteiger partial charge on any atom is -0.490 e. The van der Waals surface area contributed by atoms with E-state index < -0.39 is 4.92 Å². The average molecular weight is 470 g/mol. The fourth-order valence-corrected chi connectivity index (χ4v) is 3.09. The van der Waals surface area contributed by atoms with Gasteiger partial charge in [-0.05, 0) is 61.6 Å². The van der Waals surface area contributed by atoms with E-state index in [4.69, 9.17) is 9.47 Å². The highest BCUT2D eigenvalue weighted by molar-refractivity contribution is 14.1. The zero-order valence-corrected chi connectivity index (χ0v) is 16.8. The van der Waals surface area contributed by atoms with Crippen LogP contribution in [0.3, 0.4) is 0 Å². The van der Waals surface area contributed by atoms with Gasteiger partial charge < -0.3 is 14.8 Å². The summed E-state index contributed by atoms with van der Waals surface area (Å²) in [6.45, 7) is 6.28. The minimum atomic E-state index is -0.474. The molecule has 8 heteroatoms. The van der Waals surface area contributed by atoms with E-state index in [-0.39, 0.29) is 11.6 Å². The SMILES string of the molecule is CCOc1cc(C(=O)Nc2ccc(C)c([N+](=O)[O-])c2)cc(I)c1OCC. The van der Waals surface area contributed by atoms with E-state index in [1.54, 1.807) is 31.2 Å². The third kappa shape index (κ3) is 4.63. The molecule has 0 saturated carbocycles. The van der Waals surface area contributed by atoms with Gasteiger partial charge in [0.2, 0.25) is 0 Å². The van der Waals surface area contributed by atoms with Crippen molar-refractivity contribution >= 4 is 39.9 Å². The van der Waals surface area contributed by atoms with Crippen LogP contribution >= 0.6 is 22.6 Å². The normalized spacial score (nSPS) is 10.3. The molecule has 0 radical (unpaired) electrons. The number of carbonyl (C=O) groups excluding carboxylic acids is 1. The minimum absolute atomic E-state index is 0.0425. The predicted molar refractivity (Wildman–Crippen MR) is 107 cm³/mol. The summed E-state index contributed by atoms with van der Waals surface area (Å²) in [6.07, 6.45) is 0. The van der Waals surface area contributed by atoms with Crippen molar-refractivity contribution in [2.24, 2.45) is 0 Å². The largest absolute Gasteiger partial charge is 0.490 e. The third-order valence-electron chi connectivity index (χ3n) is 3.52. The van der Waals surface area contributed by atoms with Gasteiger partial charge in [0.1, 0.15) is 0 Å². The summed E-state index contributed by atoms with van der Waals surface area (Å²) >= 11 is 2.08. The number of nitro groups is 1. The van der Waals surface area contributed by atoms with Crippen LogP contribution < -0.4 is 14.8 Å². The van der Waals surface area contributed by atoms with Gasteiger partial charge in [-0.1, -0.05) is 6.07 Å². The van der Waals surface area contributed by atoms with E-state index >= 15 is 0 Å². The smallest absolute Gasteiger partial charge is 0.274 e. The fraction of sp³-hybridized carbons (Fsp3) is 0.278. The van der Waals surface area contributed by atoms with Crippen LogP contribution in [0.4, 0.5) is 11.4 Å². The first-order valence-corrected chi connectivity index (χ1v) is 9.10. The van der Waals surface area contributed by atoms with Crippen molar-refractivity contribution in [1.82, 2.24) is 0 Å². The Balaban J connectivity index is 2.32. The topological polar surface area (TPSA) is 90.7 Å². The molecular formula is C18H19IN2O5. The maximum Gasteiger partial charge on any atom is 0.274 e. The fourth-order valence-electron chi connectivity index (χ4n) is 2.33. The summed E-state index contributed by atoms with van der Waals surface area (Å²) in [7, 11) is 0. The van der Waals surface area contributed by atoms with E-state index in [1.807, 2.05) is 13.8 Å². The number of ether oxygens (including phenoxy) is 2. The Morgan fingerprint density at radius 1 is 1.19 bits per heavy atom. The van der Waals surface area contributed by atoms with Gasteiger partial charge in [-0.3, -0.25) is 14.9 Å². The molecule has 0 bridgehead atoms. The van der Waals surface area contributed by atoms with Crippen molar-refractivity contribution in [1.29, 1.82) is 0 Å². The summed E-state index contributed by atoms with van der Waals surface area (Å²) in [6, 6.07) is 7.86. The number of anilines is 1. The summed E-state index contributed by atoms with van der Waals surface area (Å²) < 4.78 is 11.9. The lowest BCUT2D eigenvalue weighted by molar-refractivity contribution is -0.385. The van der Waals surface area contributed by atoms with Gasteiger partial charge in [-0.25, -0.2) is 0 Å². The standard InChI is InChI=1S/C18H19IN2O5/c1-4-25-16-9-12(8-14(19)17(16)26-5-2)18(22)20-13-7-6-11(3)15(10-13)21(23)24/h6-10H,4-5H2,1-3H3,(H,20,22). The first-order valence-electron chi connectivity index (χ1n) is 8.02. The molecule has 2 aromatic carbocycles. The van der Waals surface area contributed by atoms with Crippen LogP contribution in [0.5, 0.6) is 11.5 Å². The molecule has 138 valence electrons. The van der Waals surface area contributed by atoms with Crippen molar-refractivity contribution in [2.45, 2.75) is 20.8 Å². The van der Waals surface area contributed by atoms with E-state index in [0.717, 1.165) is 3.57 Å².